The molecule has 1 heterocycles. The van der Waals surface area contributed by atoms with Crippen molar-refractivity contribution in [3.63, 3.8) is 0 Å². The molecule has 1 aliphatic heterocycles. The molecule has 192 valence electrons. The molecule has 3 N–H and O–H groups in total. The van der Waals surface area contributed by atoms with Gasteiger partial charge in [-0.15, -0.1) is 0 Å². The number of fused-ring (bicyclic) bond motifs is 3. The number of nitrogen functional groups attached to an aromatic ring is 1. The van der Waals surface area contributed by atoms with E-state index >= 15 is 0 Å². The van der Waals surface area contributed by atoms with E-state index in [4.69, 9.17) is 19.8 Å². The zero-order valence-electron chi connectivity index (χ0n) is 22.5. The second kappa shape index (κ2) is 9.23. The van der Waals surface area contributed by atoms with E-state index in [9.17, 15) is 4.79 Å². The summed E-state index contributed by atoms with van der Waals surface area (Å²) in [7, 11) is -0.526. The summed E-state index contributed by atoms with van der Waals surface area (Å²) in [6.45, 7) is 12.7. The molecule has 0 unspecified atom stereocenters. The van der Waals surface area contributed by atoms with Crippen molar-refractivity contribution in [1.82, 2.24) is 5.32 Å². The van der Waals surface area contributed by atoms with Crippen LogP contribution in [0, 0.1) is 13.8 Å². The van der Waals surface area contributed by atoms with Crippen LogP contribution in [-0.4, -0.2) is 31.0 Å². The number of benzene rings is 3. The fourth-order valence-corrected chi connectivity index (χ4v) is 5.33. The van der Waals surface area contributed by atoms with Crippen molar-refractivity contribution < 1.29 is 18.8 Å². The number of hydrogen-bond acceptors (Lipinski definition) is 5. The predicted molar refractivity (Wildman–Crippen MR) is 148 cm³/mol. The molecule has 0 radical (unpaired) electrons. The molecule has 2 aliphatic rings. The third kappa shape index (κ3) is 4.40. The van der Waals surface area contributed by atoms with Gasteiger partial charge in [0.1, 0.15) is 6.61 Å². The minimum atomic E-state index is -0.526. The molecule has 1 amide bonds. The lowest BCUT2D eigenvalue weighted by Crippen LogP contribution is -2.41. The molecule has 1 saturated heterocycles. The fraction of sp³-hybridized carbons (Fsp3) is 0.367. The first-order valence-electron chi connectivity index (χ1n) is 12.8. The van der Waals surface area contributed by atoms with Gasteiger partial charge < -0.3 is 25.1 Å². The van der Waals surface area contributed by atoms with Gasteiger partial charge in [0, 0.05) is 18.2 Å². The monoisotopic (exact) mass is 498 g/mol. The molecule has 37 heavy (non-hydrogen) atoms. The molecule has 7 heteroatoms. The fourth-order valence-electron chi connectivity index (χ4n) is 5.33. The first-order valence-corrected chi connectivity index (χ1v) is 12.8. The largest absolute Gasteiger partial charge is 0.495 e. The Kier molecular flexibility index (Phi) is 6.33. The zero-order chi connectivity index (χ0) is 26.5. The molecule has 0 aromatic heterocycles. The van der Waals surface area contributed by atoms with Crippen LogP contribution >= 0.6 is 0 Å². The number of nitrogens with one attached hydrogen (secondary N) is 1. The molecule has 5 rings (SSSR count). The van der Waals surface area contributed by atoms with Gasteiger partial charge in [-0.25, -0.2) is 4.79 Å². The van der Waals surface area contributed by atoms with Gasteiger partial charge in [0.25, 0.3) is 0 Å². The SMILES string of the molecule is Cc1c(N)cc(CNC(=O)OCC2c3ccccc3-c3ccccc32)c(C)c1B1OC(C)(C)C(C)(C)O1. The normalized spacial score (nSPS) is 17.4. The van der Waals surface area contributed by atoms with E-state index < -0.39 is 24.4 Å². The summed E-state index contributed by atoms with van der Waals surface area (Å²) in [6, 6.07) is 18.5. The predicted octanol–water partition coefficient (Wildman–Crippen LogP) is 5.22. The van der Waals surface area contributed by atoms with E-state index in [1.165, 1.54) is 22.3 Å². The Morgan fingerprint density at radius 2 is 1.49 bits per heavy atom. The number of nitrogens with two attached hydrogens (primary N) is 1. The lowest BCUT2D eigenvalue weighted by Gasteiger charge is -2.32. The summed E-state index contributed by atoms with van der Waals surface area (Å²) >= 11 is 0. The molecule has 0 saturated carbocycles. The molecule has 1 aliphatic carbocycles. The maximum Gasteiger partial charge on any atom is 0.495 e. The van der Waals surface area contributed by atoms with E-state index in [0.29, 0.717) is 12.2 Å². The highest BCUT2D eigenvalue weighted by molar-refractivity contribution is 6.63. The average molecular weight is 498 g/mol. The number of hydrogen-bond donors (Lipinski definition) is 2. The molecule has 6 nitrogen and oxygen atoms in total. The highest BCUT2D eigenvalue weighted by Crippen LogP contribution is 2.44. The number of alkyl carbamates (subject to hydrolysis) is 1. The van der Waals surface area contributed by atoms with E-state index in [1.807, 2.05) is 71.9 Å². The van der Waals surface area contributed by atoms with Crippen LogP contribution in [0.5, 0.6) is 0 Å². The van der Waals surface area contributed by atoms with Crippen molar-refractivity contribution in [3.8, 4) is 11.1 Å². The van der Waals surface area contributed by atoms with Crippen LogP contribution in [0.1, 0.15) is 61.4 Å². The molecule has 0 spiro atoms. The zero-order valence-corrected chi connectivity index (χ0v) is 22.5. The summed E-state index contributed by atoms with van der Waals surface area (Å²) in [5, 5.41) is 2.91. The Morgan fingerprint density at radius 1 is 0.946 bits per heavy atom. The smallest absolute Gasteiger partial charge is 0.449 e. The van der Waals surface area contributed by atoms with Crippen molar-refractivity contribution in [3.05, 3.63) is 82.4 Å². The molecular formula is C30H35BN2O4. The standard InChI is InChI=1S/C30H35BN2O4/c1-18-20(15-26(32)19(2)27(18)31-36-29(3,4)30(5,6)37-31)16-33-28(34)35-17-25-23-13-9-7-11-21(23)22-12-8-10-14-24(22)25/h7-15,25H,16-17,32H2,1-6H3,(H,33,34). The van der Waals surface area contributed by atoms with Crippen LogP contribution in [0.4, 0.5) is 10.5 Å². The van der Waals surface area contributed by atoms with Crippen LogP contribution in [0.2, 0.25) is 0 Å². The first-order chi connectivity index (χ1) is 17.5. The minimum Gasteiger partial charge on any atom is -0.449 e. The van der Waals surface area contributed by atoms with Gasteiger partial charge in [-0.3, -0.25) is 0 Å². The van der Waals surface area contributed by atoms with Gasteiger partial charge in [-0.2, -0.15) is 0 Å². The topological polar surface area (TPSA) is 82.8 Å². The van der Waals surface area contributed by atoms with Gasteiger partial charge >= 0.3 is 13.2 Å². The molecule has 0 bridgehead atoms. The van der Waals surface area contributed by atoms with Crippen LogP contribution in [-0.2, 0) is 20.6 Å². The van der Waals surface area contributed by atoms with Crippen LogP contribution in [0.25, 0.3) is 11.1 Å². The molecule has 3 aromatic carbocycles. The van der Waals surface area contributed by atoms with Gasteiger partial charge in [0.15, 0.2) is 0 Å². The lowest BCUT2D eigenvalue weighted by atomic mass is 9.72. The van der Waals surface area contributed by atoms with Crippen LogP contribution < -0.4 is 16.5 Å². The van der Waals surface area contributed by atoms with Crippen molar-refractivity contribution in [2.75, 3.05) is 12.3 Å². The Bertz CT molecular complexity index is 1310. The van der Waals surface area contributed by atoms with Gasteiger partial charge in [0.05, 0.1) is 11.2 Å². The van der Waals surface area contributed by atoms with Crippen LogP contribution in [0.3, 0.4) is 0 Å². The lowest BCUT2D eigenvalue weighted by molar-refractivity contribution is 0.00578. The number of carbonyl (C=O) groups is 1. The number of rotatable bonds is 5. The highest BCUT2D eigenvalue weighted by Gasteiger charge is 2.52. The van der Waals surface area contributed by atoms with E-state index in [2.05, 4.69) is 29.6 Å². The number of ether oxygens (including phenoxy) is 1. The Morgan fingerprint density at radius 3 is 2.05 bits per heavy atom. The van der Waals surface area contributed by atoms with E-state index in [0.717, 1.165) is 22.2 Å². The second-order valence-corrected chi connectivity index (χ2v) is 11.1. The third-order valence-electron chi connectivity index (χ3n) is 8.31. The number of carbonyl (C=O) groups excluding carboxylic acids is 1. The summed E-state index contributed by atoms with van der Waals surface area (Å²) in [5.41, 5.74) is 14.6. The molecular weight excluding hydrogens is 463 g/mol. The minimum absolute atomic E-state index is 0.0184. The van der Waals surface area contributed by atoms with E-state index in [1.54, 1.807) is 0 Å². The van der Waals surface area contributed by atoms with Crippen LogP contribution in [0.15, 0.2) is 54.6 Å². The van der Waals surface area contributed by atoms with Crippen molar-refractivity contribution >= 4 is 24.4 Å². The van der Waals surface area contributed by atoms with Crippen molar-refractivity contribution in [1.29, 1.82) is 0 Å². The molecule has 3 aromatic rings. The summed E-state index contributed by atoms with van der Waals surface area (Å²) in [6.07, 6.45) is -0.461. The maximum atomic E-state index is 12.8. The Hall–Kier alpha value is -3.29. The number of amides is 1. The number of anilines is 1. The average Bonchev–Trinajstić information content (AvgIpc) is 3.28. The quantitative estimate of drug-likeness (QED) is 0.372. The van der Waals surface area contributed by atoms with Crippen molar-refractivity contribution in [2.45, 2.75) is 65.2 Å². The van der Waals surface area contributed by atoms with Crippen molar-refractivity contribution in [2.24, 2.45) is 0 Å². The summed E-state index contributed by atoms with van der Waals surface area (Å²) < 4.78 is 18.3. The maximum absolute atomic E-state index is 12.8. The highest BCUT2D eigenvalue weighted by atomic mass is 16.7. The summed E-state index contributed by atoms with van der Waals surface area (Å²) in [5.74, 6) is 0.0184. The second-order valence-electron chi connectivity index (χ2n) is 11.1. The molecule has 0 atom stereocenters. The third-order valence-corrected chi connectivity index (χ3v) is 8.31. The Balaban J connectivity index is 1.29. The van der Waals surface area contributed by atoms with Gasteiger partial charge in [-0.05, 0) is 92.0 Å². The van der Waals surface area contributed by atoms with Gasteiger partial charge in [0.2, 0.25) is 0 Å². The molecule has 1 fully saturated rings. The van der Waals surface area contributed by atoms with Gasteiger partial charge in [-0.1, -0.05) is 48.5 Å². The first kappa shape index (κ1) is 25.4. The van der Waals surface area contributed by atoms with E-state index in [-0.39, 0.29) is 12.5 Å². The summed E-state index contributed by atoms with van der Waals surface area (Å²) in [4.78, 5) is 12.8. The Labute approximate surface area is 219 Å².